The Bertz CT molecular complexity index is 116. The molecule has 0 bridgehead atoms. The zero-order chi connectivity index (χ0) is 6.15. The van der Waals surface area contributed by atoms with Crippen LogP contribution in [0.25, 0.3) is 0 Å². The first-order valence-corrected chi connectivity index (χ1v) is 3.22. The van der Waals surface area contributed by atoms with Crippen LogP contribution in [0.5, 0.6) is 0 Å². The standard InChI is InChI=1S/C7H13N/c1-5-4-8-7(3)6(5)2/h5-6H,4H2,1-3H3. The van der Waals surface area contributed by atoms with E-state index >= 15 is 0 Å². The highest BCUT2D eigenvalue weighted by molar-refractivity contribution is 5.85. The van der Waals surface area contributed by atoms with Crippen LogP contribution in [0.2, 0.25) is 0 Å². The predicted octanol–water partition coefficient (Wildman–Crippen LogP) is 1.73. The maximum Gasteiger partial charge on any atom is 0.0420 e. The summed E-state index contributed by atoms with van der Waals surface area (Å²) in [5.74, 6) is 1.52. The van der Waals surface area contributed by atoms with Gasteiger partial charge in [0.25, 0.3) is 0 Å². The Morgan fingerprint density at radius 1 is 1.50 bits per heavy atom. The molecule has 0 aromatic heterocycles. The SMILES string of the molecule is CC1=NCC(C)C1C. The highest BCUT2D eigenvalue weighted by atomic mass is 14.8. The molecule has 1 heteroatoms. The van der Waals surface area contributed by atoms with E-state index in [0.29, 0.717) is 0 Å². The fourth-order valence-electron chi connectivity index (χ4n) is 1.00. The predicted molar refractivity (Wildman–Crippen MR) is 36.3 cm³/mol. The molecule has 0 fully saturated rings. The zero-order valence-electron chi connectivity index (χ0n) is 5.81. The Balaban J connectivity index is 2.59. The van der Waals surface area contributed by atoms with Crippen LogP contribution >= 0.6 is 0 Å². The third kappa shape index (κ3) is 0.770. The van der Waals surface area contributed by atoms with Crippen molar-refractivity contribution in [2.24, 2.45) is 16.8 Å². The third-order valence-electron chi connectivity index (χ3n) is 2.14. The molecule has 1 aliphatic rings. The molecule has 2 unspecified atom stereocenters. The lowest BCUT2D eigenvalue weighted by atomic mass is 9.96. The van der Waals surface area contributed by atoms with Crippen LogP contribution in [0, 0.1) is 11.8 Å². The molecule has 2 atom stereocenters. The summed E-state index contributed by atoms with van der Waals surface area (Å²) in [6.07, 6.45) is 0. The first-order chi connectivity index (χ1) is 3.72. The van der Waals surface area contributed by atoms with Crippen molar-refractivity contribution in [3.63, 3.8) is 0 Å². The van der Waals surface area contributed by atoms with Crippen LogP contribution in [-0.4, -0.2) is 12.3 Å². The molecule has 0 radical (unpaired) electrons. The van der Waals surface area contributed by atoms with Gasteiger partial charge < -0.3 is 0 Å². The van der Waals surface area contributed by atoms with Gasteiger partial charge >= 0.3 is 0 Å². The van der Waals surface area contributed by atoms with Crippen LogP contribution < -0.4 is 0 Å². The fourth-order valence-corrected chi connectivity index (χ4v) is 1.00. The van der Waals surface area contributed by atoms with E-state index in [0.717, 1.165) is 18.4 Å². The fraction of sp³-hybridized carbons (Fsp3) is 0.857. The number of hydrogen-bond donors (Lipinski definition) is 0. The van der Waals surface area contributed by atoms with Crippen molar-refractivity contribution in [3.8, 4) is 0 Å². The molecule has 0 saturated heterocycles. The Morgan fingerprint density at radius 3 is 2.25 bits per heavy atom. The summed E-state index contributed by atoms with van der Waals surface area (Å²) >= 11 is 0. The molecular formula is C7H13N. The van der Waals surface area contributed by atoms with Gasteiger partial charge in [-0.2, -0.15) is 0 Å². The maximum absolute atomic E-state index is 4.31. The molecule has 0 aromatic carbocycles. The van der Waals surface area contributed by atoms with Gasteiger partial charge in [0.1, 0.15) is 0 Å². The van der Waals surface area contributed by atoms with Crippen molar-refractivity contribution in [3.05, 3.63) is 0 Å². The molecule has 0 aromatic rings. The summed E-state index contributed by atoms with van der Waals surface area (Å²) in [4.78, 5) is 4.31. The second-order valence-corrected chi connectivity index (χ2v) is 2.75. The molecule has 46 valence electrons. The molecule has 1 nitrogen and oxygen atoms in total. The van der Waals surface area contributed by atoms with Gasteiger partial charge in [-0.15, -0.1) is 0 Å². The molecule has 0 spiro atoms. The highest BCUT2D eigenvalue weighted by Gasteiger charge is 2.19. The number of aliphatic imine (C=N–C) groups is 1. The second-order valence-electron chi connectivity index (χ2n) is 2.75. The van der Waals surface area contributed by atoms with Gasteiger partial charge in [0, 0.05) is 12.3 Å². The van der Waals surface area contributed by atoms with E-state index in [4.69, 9.17) is 0 Å². The summed E-state index contributed by atoms with van der Waals surface area (Å²) < 4.78 is 0. The molecule has 8 heavy (non-hydrogen) atoms. The smallest absolute Gasteiger partial charge is 0.0420 e. The first-order valence-electron chi connectivity index (χ1n) is 3.22. The minimum atomic E-state index is 0.731. The lowest BCUT2D eigenvalue weighted by molar-refractivity contribution is 0.533. The van der Waals surface area contributed by atoms with Crippen molar-refractivity contribution in [2.45, 2.75) is 20.8 Å². The average Bonchev–Trinajstić information content (AvgIpc) is 1.98. The Kier molecular flexibility index (Phi) is 1.37. The van der Waals surface area contributed by atoms with Gasteiger partial charge in [-0.05, 0) is 18.8 Å². The molecule has 1 rings (SSSR count). The zero-order valence-corrected chi connectivity index (χ0v) is 5.81. The van der Waals surface area contributed by atoms with E-state index in [2.05, 4.69) is 25.8 Å². The van der Waals surface area contributed by atoms with Crippen LogP contribution in [0.3, 0.4) is 0 Å². The van der Waals surface area contributed by atoms with Crippen molar-refractivity contribution in [1.82, 2.24) is 0 Å². The topological polar surface area (TPSA) is 12.4 Å². The highest BCUT2D eigenvalue weighted by Crippen LogP contribution is 2.19. The van der Waals surface area contributed by atoms with Crippen LogP contribution in [-0.2, 0) is 0 Å². The number of rotatable bonds is 0. The average molecular weight is 111 g/mol. The second kappa shape index (κ2) is 1.88. The van der Waals surface area contributed by atoms with E-state index in [1.807, 2.05) is 0 Å². The summed E-state index contributed by atoms with van der Waals surface area (Å²) in [7, 11) is 0. The van der Waals surface area contributed by atoms with E-state index in [1.54, 1.807) is 0 Å². The van der Waals surface area contributed by atoms with Crippen molar-refractivity contribution >= 4 is 5.71 Å². The van der Waals surface area contributed by atoms with Crippen molar-refractivity contribution in [2.75, 3.05) is 6.54 Å². The lowest BCUT2D eigenvalue weighted by Crippen LogP contribution is -2.09. The number of hydrogen-bond acceptors (Lipinski definition) is 1. The summed E-state index contributed by atoms with van der Waals surface area (Å²) in [6, 6.07) is 0. The Labute approximate surface area is 50.8 Å². The molecule has 0 aliphatic carbocycles. The third-order valence-corrected chi connectivity index (χ3v) is 2.14. The molecule has 0 saturated carbocycles. The molecule has 1 heterocycles. The van der Waals surface area contributed by atoms with Gasteiger partial charge in [-0.3, -0.25) is 4.99 Å². The molecule has 0 amide bonds. The normalized spacial score (nSPS) is 37.6. The molecular weight excluding hydrogens is 98.1 g/mol. The molecule has 1 aliphatic heterocycles. The monoisotopic (exact) mass is 111 g/mol. The largest absolute Gasteiger partial charge is 0.294 e. The Morgan fingerprint density at radius 2 is 2.12 bits per heavy atom. The quantitative estimate of drug-likeness (QED) is 0.451. The molecule has 0 N–H and O–H groups in total. The van der Waals surface area contributed by atoms with Gasteiger partial charge in [0.2, 0.25) is 0 Å². The van der Waals surface area contributed by atoms with E-state index in [1.165, 1.54) is 5.71 Å². The van der Waals surface area contributed by atoms with Crippen LogP contribution in [0.4, 0.5) is 0 Å². The lowest BCUT2D eigenvalue weighted by Gasteiger charge is -2.06. The maximum atomic E-state index is 4.31. The van der Waals surface area contributed by atoms with Gasteiger partial charge in [0.15, 0.2) is 0 Å². The van der Waals surface area contributed by atoms with Gasteiger partial charge in [0.05, 0.1) is 0 Å². The van der Waals surface area contributed by atoms with Crippen LogP contribution in [0.15, 0.2) is 4.99 Å². The minimum Gasteiger partial charge on any atom is -0.294 e. The van der Waals surface area contributed by atoms with Crippen molar-refractivity contribution < 1.29 is 0 Å². The number of nitrogens with zero attached hydrogens (tertiary/aromatic N) is 1. The van der Waals surface area contributed by atoms with E-state index in [9.17, 15) is 0 Å². The minimum absolute atomic E-state index is 0.731. The summed E-state index contributed by atoms with van der Waals surface area (Å²) in [6.45, 7) is 7.67. The van der Waals surface area contributed by atoms with E-state index < -0.39 is 0 Å². The van der Waals surface area contributed by atoms with Crippen LogP contribution in [0.1, 0.15) is 20.8 Å². The van der Waals surface area contributed by atoms with Gasteiger partial charge in [-0.25, -0.2) is 0 Å². The van der Waals surface area contributed by atoms with E-state index in [-0.39, 0.29) is 0 Å². The summed E-state index contributed by atoms with van der Waals surface area (Å²) in [5.41, 5.74) is 1.33. The summed E-state index contributed by atoms with van der Waals surface area (Å²) in [5, 5.41) is 0. The van der Waals surface area contributed by atoms with Crippen molar-refractivity contribution in [1.29, 1.82) is 0 Å². The Hall–Kier alpha value is -0.330. The van der Waals surface area contributed by atoms with Gasteiger partial charge in [-0.1, -0.05) is 13.8 Å². The first kappa shape index (κ1) is 5.80.